The molecule has 0 unspecified atom stereocenters. The predicted octanol–water partition coefficient (Wildman–Crippen LogP) is 4.32. The molecule has 0 aromatic rings. The molecule has 1 rings (SSSR count). The first kappa shape index (κ1) is 26.8. The van der Waals surface area contributed by atoms with Crippen LogP contribution >= 0.6 is 12.2 Å². The second-order valence-corrected chi connectivity index (χ2v) is 9.30. The molecule has 0 bridgehead atoms. The van der Waals surface area contributed by atoms with Crippen LogP contribution in [0.5, 0.6) is 0 Å². The number of hydrogen-bond donors (Lipinski definition) is 3. The number of ketones is 1. The van der Waals surface area contributed by atoms with Crippen LogP contribution in [0.3, 0.4) is 0 Å². The third-order valence-electron chi connectivity index (χ3n) is 5.98. The van der Waals surface area contributed by atoms with E-state index < -0.39 is 12.2 Å². The number of hydrogen-bond acceptors (Lipinski definition) is 5. The number of thiocarbonyl (C=S) groups is 1. The molecule has 4 atom stereocenters. The lowest BCUT2D eigenvalue weighted by Crippen LogP contribution is -2.28. The first-order valence-corrected chi connectivity index (χ1v) is 11.7. The Labute approximate surface area is 188 Å². The number of ether oxygens (including phenoxy) is 1. The fraction of sp³-hybridized carbons (Fsp3) is 0.750. The lowest BCUT2D eigenvalue weighted by Gasteiger charge is -2.29. The molecule has 0 radical (unpaired) electrons. The van der Waals surface area contributed by atoms with Gasteiger partial charge in [0.05, 0.1) is 18.8 Å². The van der Waals surface area contributed by atoms with E-state index >= 15 is 0 Å². The molecular weight excluding hydrogens is 398 g/mol. The number of nitrogens with one attached hydrogen (secondary N) is 1. The van der Waals surface area contributed by atoms with E-state index in [2.05, 4.69) is 32.2 Å². The summed E-state index contributed by atoms with van der Waals surface area (Å²) < 4.78 is 5.31. The summed E-state index contributed by atoms with van der Waals surface area (Å²) >= 11 is 4.92. The van der Waals surface area contributed by atoms with Crippen molar-refractivity contribution < 1.29 is 19.7 Å². The van der Waals surface area contributed by atoms with E-state index in [0.29, 0.717) is 18.2 Å². The summed E-state index contributed by atoms with van der Waals surface area (Å²) in [6, 6.07) is 0. The summed E-state index contributed by atoms with van der Waals surface area (Å²) in [5.74, 6) is -0.333. The topological polar surface area (TPSA) is 78.8 Å². The molecule has 0 spiro atoms. The lowest BCUT2D eigenvalue weighted by molar-refractivity contribution is -0.121. The zero-order chi connectivity index (χ0) is 22.6. The molecule has 1 fully saturated rings. The summed E-state index contributed by atoms with van der Waals surface area (Å²) in [4.78, 5) is 12.4. The summed E-state index contributed by atoms with van der Waals surface area (Å²) in [6.07, 6.45) is 13.3. The van der Waals surface area contributed by atoms with E-state index in [1.807, 2.05) is 12.2 Å². The molecule has 30 heavy (non-hydrogen) atoms. The molecule has 172 valence electrons. The lowest BCUT2D eigenvalue weighted by atomic mass is 9.80. The molecule has 1 aliphatic carbocycles. The summed E-state index contributed by atoms with van der Waals surface area (Å²) in [7, 11) is 1.74. The highest BCUT2D eigenvalue weighted by Gasteiger charge is 2.39. The van der Waals surface area contributed by atoms with Gasteiger partial charge in [-0.15, -0.1) is 0 Å². The van der Waals surface area contributed by atoms with Crippen molar-refractivity contribution in [2.24, 2.45) is 17.3 Å². The molecule has 3 N–H and O–H groups in total. The standard InChI is InChI=1S/C24H41NO4S/c1-5-6-15-24(2,3)22(28)14-13-19-18(20(26)17-21(19)27)12-10-8-7-9-11-16-29-23(30)25-4/h8,10,13-14,18-19,21-22,27-28H,5-7,9,11-12,15-17H2,1-4H3,(H,25,30)/b10-8-,14-13+/t18-,19-,21-,22-/m1/s1. The highest BCUT2D eigenvalue weighted by atomic mass is 32.1. The second-order valence-electron chi connectivity index (χ2n) is 8.93. The van der Waals surface area contributed by atoms with Gasteiger partial charge < -0.3 is 20.3 Å². The van der Waals surface area contributed by atoms with Gasteiger partial charge in [-0.3, -0.25) is 4.79 Å². The van der Waals surface area contributed by atoms with Crippen LogP contribution in [0.4, 0.5) is 0 Å². The zero-order valence-corrected chi connectivity index (χ0v) is 19.9. The first-order chi connectivity index (χ1) is 14.2. The van der Waals surface area contributed by atoms with Gasteiger partial charge in [0, 0.05) is 25.3 Å². The van der Waals surface area contributed by atoms with Crippen molar-refractivity contribution in [1.82, 2.24) is 5.32 Å². The van der Waals surface area contributed by atoms with Crippen LogP contribution in [0.15, 0.2) is 24.3 Å². The number of unbranched alkanes of at least 4 members (excludes halogenated alkanes) is 3. The number of carbonyl (C=O) groups is 1. The molecule has 0 amide bonds. The van der Waals surface area contributed by atoms with E-state index in [-0.39, 0.29) is 29.5 Å². The quantitative estimate of drug-likeness (QED) is 0.225. The molecule has 0 heterocycles. The number of Topliss-reactive ketones (excluding diaryl/α,β-unsaturated/α-hetero) is 1. The van der Waals surface area contributed by atoms with Gasteiger partial charge in [-0.05, 0) is 49.7 Å². The Balaban J connectivity index is 2.50. The number of rotatable bonds is 13. The van der Waals surface area contributed by atoms with Crippen LogP contribution in [-0.2, 0) is 9.53 Å². The second kappa shape index (κ2) is 13.9. The maximum Gasteiger partial charge on any atom is 0.256 e. The third kappa shape index (κ3) is 9.27. The zero-order valence-electron chi connectivity index (χ0n) is 19.1. The normalized spacial score (nSPS) is 23.4. The molecule has 6 heteroatoms. The van der Waals surface area contributed by atoms with Gasteiger partial charge in [-0.1, -0.05) is 57.9 Å². The van der Waals surface area contributed by atoms with Gasteiger partial charge in [-0.2, -0.15) is 0 Å². The van der Waals surface area contributed by atoms with Crippen molar-refractivity contribution in [3.8, 4) is 0 Å². The van der Waals surface area contributed by atoms with Gasteiger partial charge in [0.15, 0.2) is 0 Å². The van der Waals surface area contributed by atoms with Crippen LogP contribution in [0.2, 0.25) is 0 Å². The van der Waals surface area contributed by atoms with Gasteiger partial charge in [0.1, 0.15) is 5.78 Å². The van der Waals surface area contributed by atoms with Gasteiger partial charge >= 0.3 is 0 Å². The van der Waals surface area contributed by atoms with Crippen LogP contribution < -0.4 is 5.32 Å². The van der Waals surface area contributed by atoms with Crippen LogP contribution in [-0.4, -0.2) is 47.0 Å². The van der Waals surface area contributed by atoms with E-state index in [9.17, 15) is 15.0 Å². The van der Waals surface area contributed by atoms with Crippen molar-refractivity contribution in [3.05, 3.63) is 24.3 Å². The van der Waals surface area contributed by atoms with Crippen molar-refractivity contribution in [2.45, 2.75) is 84.3 Å². The smallest absolute Gasteiger partial charge is 0.256 e. The maximum absolute atomic E-state index is 12.4. The monoisotopic (exact) mass is 439 g/mol. The minimum atomic E-state index is -0.661. The molecule has 0 aliphatic heterocycles. The van der Waals surface area contributed by atoms with E-state index in [1.165, 1.54) is 0 Å². The Morgan fingerprint density at radius 1 is 1.33 bits per heavy atom. The molecule has 1 saturated carbocycles. The minimum absolute atomic E-state index is 0.107. The van der Waals surface area contributed by atoms with Gasteiger partial charge in [-0.25, -0.2) is 0 Å². The van der Waals surface area contributed by atoms with Crippen molar-refractivity contribution in [1.29, 1.82) is 0 Å². The Hall–Kier alpha value is -1.24. The SMILES string of the molecule is CCCCC(C)(C)[C@H](O)/C=C/[C@H]1[C@H](O)CC(=O)[C@@H]1C/C=C\CCCCOC(=S)NC. The van der Waals surface area contributed by atoms with Gasteiger partial charge in [0.2, 0.25) is 0 Å². The molecule has 1 aliphatic rings. The largest absolute Gasteiger partial charge is 0.471 e. The third-order valence-corrected chi connectivity index (χ3v) is 6.30. The average molecular weight is 440 g/mol. The highest BCUT2D eigenvalue weighted by Crippen LogP contribution is 2.35. The van der Waals surface area contributed by atoms with Crippen LogP contribution in [0.25, 0.3) is 0 Å². The molecule has 0 aromatic heterocycles. The maximum atomic E-state index is 12.4. The Bertz CT molecular complexity index is 588. The van der Waals surface area contributed by atoms with E-state index in [1.54, 1.807) is 13.1 Å². The number of carbonyl (C=O) groups excluding carboxylic acids is 1. The van der Waals surface area contributed by atoms with Gasteiger partial charge in [0.25, 0.3) is 5.17 Å². The molecule has 0 saturated heterocycles. The fourth-order valence-corrected chi connectivity index (χ4v) is 3.85. The summed E-state index contributed by atoms with van der Waals surface area (Å²) in [5.41, 5.74) is -0.212. The number of aliphatic hydroxyl groups excluding tert-OH is 2. The van der Waals surface area contributed by atoms with Crippen LogP contribution in [0, 0.1) is 17.3 Å². The molecular formula is C24H41NO4S. The molecule has 0 aromatic carbocycles. The van der Waals surface area contributed by atoms with Crippen molar-refractivity contribution in [3.63, 3.8) is 0 Å². The van der Waals surface area contributed by atoms with E-state index in [4.69, 9.17) is 17.0 Å². The summed E-state index contributed by atoms with van der Waals surface area (Å²) in [5, 5.41) is 24.1. The highest BCUT2D eigenvalue weighted by molar-refractivity contribution is 7.80. The van der Waals surface area contributed by atoms with Crippen LogP contribution in [0.1, 0.15) is 72.1 Å². The first-order valence-electron chi connectivity index (χ1n) is 11.3. The van der Waals surface area contributed by atoms with E-state index in [0.717, 1.165) is 38.5 Å². The average Bonchev–Trinajstić information content (AvgIpc) is 2.98. The Morgan fingerprint density at radius 3 is 2.73 bits per heavy atom. The number of allylic oxidation sites excluding steroid dienone is 2. The summed E-state index contributed by atoms with van der Waals surface area (Å²) in [6.45, 7) is 6.87. The Morgan fingerprint density at radius 2 is 2.07 bits per heavy atom. The Kier molecular flexibility index (Phi) is 12.5. The number of aliphatic hydroxyl groups is 2. The van der Waals surface area contributed by atoms with Crippen molar-refractivity contribution >= 4 is 23.2 Å². The van der Waals surface area contributed by atoms with Crippen molar-refractivity contribution in [2.75, 3.05) is 13.7 Å². The fourth-order valence-electron chi connectivity index (χ4n) is 3.76. The molecule has 5 nitrogen and oxygen atoms in total. The predicted molar refractivity (Wildman–Crippen MR) is 126 cm³/mol. The minimum Gasteiger partial charge on any atom is -0.471 e.